The number of rotatable bonds is 9. The summed E-state index contributed by atoms with van der Waals surface area (Å²) in [6, 6.07) is 2.58. The number of aliphatic imine (C=N–C) groups is 1. The molecule has 4 N–H and O–H groups in total. The molecule has 2 aliphatic rings. The van der Waals surface area contributed by atoms with Crippen LogP contribution >= 0.6 is 23.2 Å². The first kappa shape index (κ1) is 27.3. The third kappa shape index (κ3) is 6.20. The van der Waals surface area contributed by atoms with Crippen LogP contribution in [-0.4, -0.2) is 66.4 Å². The Morgan fingerprint density at radius 3 is 2.81 bits per heavy atom. The molecule has 37 heavy (non-hydrogen) atoms. The van der Waals surface area contributed by atoms with Crippen molar-refractivity contribution in [2.75, 3.05) is 45.1 Å². The predicted octanol–water partition coefficient (Wildman–Crippen LogP) is 3.70. The molecule has 0 aliphatic carbocycles. The number of ether oxygens (including phenoxy) is 2. The molecule has 9 nitrogen and oxygen atoms in total. The van der Waals surface area contributed by atoms with E-state index in [4.69, 9.17) is 44.1 Å². The van der Waals surface area contributed by atoms with Gasteiger partial charge >= 0.3 is 0 Å². The average molecular weight is 551 g/mol. The van der Waals surface area contributed by atoms with Gasteiger partial charge in [0, 0.05) is 35.5 Å². The Labute approximate surface area is 224 Å². The highest BCUT2D eigenvalue weighted by Crippen LogP contribution is 2.37. The lowest BCUT2D eigenvalue weighted by Crippen LogP contribution is -2.41. The molecule has 1 aromatic carbocycles. The molecule has 0 radical (unpaired) electrons. The van der Waals surface area contributed by atoms with E-state index >= 15 is 0 Å². The zero-order valence-corrected chi connectivity index (χ0v) is 21.9. The Morgan fingerprint density at radius 1 is 1.32 bits per heavy atom. The molecule has 1 aromatic heterocycles. The van der Waals surface area contributed by atoms with Crippen LogP contribution in [0.1, 0.15) is 37.1 Å². The van der Waals surface area contributed by atoms with Crippen molar-refractivity contribution < 1.29 is 18.7 Å². The molecule has 2 unspecified atom stereocenters. The number of hydrogen-bond acceptors (Lipinski definition) is 8. The lowest BCUT2D eigenvalue weighted by molar-refractivity contribution is -0.125. The first-order valence-electron chi connectivity index (χ1n) is 12.0. The summed E-state index contributed by atoms with van der Waals surface area (Å²) in [7, 11) is 0. The van der Waals surface area contributed by atoms with Gasteiger partial charge in [-0.15, -0.1) is 0 Å². The number of morpholine rings is 1. The number of nitrogens with two attached hydrogens (primary N) is 2. The molecular formula is C25H29Cl2FN6O3. The van der Waals surface area contributed by atoms with Gasteiger partial charge in [-0.25, -0.2) is 14.4 Å². The number of carbonyl (C=O) groups is 1. The number of aromatic nitrogens is 2. The molecular weight excluding hydrogens is 522 g/mol. The first-order chi connectivity index (χ1) is 17.7. The largest absolute Gasteiger partial charge is 0.467 e. The summed E-state index contributed by atoms with van der Waals surface area (Å²) in [6.07, 6.45) is 5.43. The van der Waals surface area contributed by atoms with Crippen LogP contribution in [0, 0.1) is 11.2 Å². The van der Waals surface area contributed by atoms with Crippen molar-refractivity contribution in [2.45, 2.75) is 25.9 Å². The van der Waals surface area contributed by atoms with E-state index in [1.165, 1.54) is 18.3 Å². The molecule has 3 heterocycles. The Balaban J connectivity index is 1.55. The van der Waals surface area contributed by atoms with Crippen molar-refractivity contribution in [3.63, 3.8) is 0 Å². The Kier molecular flexibility index (Phi) is 8.63. The molecule has 2 atom stereocenters. The Morgan fingerprint density at radius 2 is 2.08 bits per heavy atom. The summed E-state index contributed by atoms with van der Waals surface area (Å²) in [5.41, 5.74) is 12.2. The number of dihydropyridines is 1. The number of benzene rings is 1. The number of anilines is 1. The molecule has 198 valence electrons. The lowest BCUT2D eigenvalue weighted by atomic mass is 9.79. The fourth-order valence-corrected chi connectivity index (χ4v) is 5.12. The Hall–Kier alpha value is -2.79. The minimum atomic E-state index is -0.948. The molecule has 0 spiro atoms. The van der Waals surface area contributed by atoms with Gasteiger partial charge in [-0.2, -0.15) is 0 Å². The Bertz CT molecular complexity index is 1220. The second-order valence-corrected chi connectivity index (χ2v) is 9.90. The SMILES string of the molecule is CC(Oc1nc(C2=CC(CCCN3CCOCC3)(C(N)=O)CN=C2)cnc1N)c1c(Cl)ccc(F)c1Cl. The molecule has 1 amide bonds. The van der Waals surface area contributed by atoms with E-state index in [1.54, 1.807) is 19.2 Å². The number of carbonyl (C=O) groups excluding carboxylic acids is 1. The maximum absolute atomic E-state index is 14.0. The van der Waals surface area contributed by atoms with Gasteiger partial charge in [-0.3, -0.25) is 14.7 Å². The maximum atomic E-state index is 14.0. The van der Waals surface area contributed by atoms with Crippen LogP contribution in [0.25, 0.3) is 5.57 Å². The summed E-state index contributed by atoms with van der Waals surface area (Å²) in [6.45, 7) is 5.92. The molecule has 1 fully saturated rings. The van der Waals surface area contributed by atoms with E-state index in [0.717, 1.165) is 26.1 Å². The number of halogens is 3. The average Bonchev–Trinajstić information content (AvgIpc) is 2.88. The number of nitrogen functional groups attached to an aromatic ring is 1. The van der Waals surface area contributed by atoms with Crippen LogP contribution < -0.4 is 16.2 Å². The first-order valence-corrected chi connectivity index (χ1v) is 12.7. The number of nitrogens with zero attached hydrogens (tertiary/aromatic N) is 4. The minimum absolute atomic E-state index is 0.0123. The van der Waals surface area contributed by atoms with Gasteiger partial charge in [0.1, 0.15) is 11.9 Å². The van der Waals surface area contributed by atoms with Crippen molar-refractivity contribution in [1.82, 2.24) is 14.9 Å². The smallest absolute Gasteiger partial charge is 0.258 e. The third-order valence-corrected chi connectivity index (χ3v) is 7.28. The van der Waals surface area contributed by atoms with E-state index in [-0.39, 0.29) is 33.9 Å². The fraction of sp³-hybridized carbons (Fsp3) is 0.440. The molecule has 12 heteroatoms. The van der Waals surface area contributed by atoms with Crippen molar-refractivity contribution in [3.05, 3.63) is 51.5 Å². The van der Waals surface area contributed by atoms with Gasteiger partial charge in [-0.1, -0.05) is 29.3 Å². The summed E-state index contributed by atoms with van der Waals surface area (Å²) in [5, 5.41) is 0.0974. The fourth-order valence-electron chi connectivity index (χ4n) is 4.44. The van der Waals surface area contributed by atoms with E-state index < -0.39 is 23.2 Å². The van der Waals surface area contributed by atoms with Gasteiger partial charge in [0.15, 0.2) is 5.82 Å². The minimum Gasteiger partial charge on any atom is -0.467 e. The molecule has 1 saturated heterocycles. The van der Waals surface area contributed by atoms with Crippen molar-refractivity contribution >= 4 is 46.7 Å². The molecule has 0 saturated carbocycles. The zero-order chi connectivity index (χ0) is 26.6. The second-order valence-electron chi connectivity index (χ2n) is 9.11. The van der Waals surface area contributed by atoms with E-state index in [2.05, 4.69) is 19.9 Å². The highest BCUT2D eigenvalue weighted by molar-refractivity contribution is 6.36. The summed E-state index contributed by atoms with van der Waals surface area (Å²) in [5.74, 6) is -1.03. The van der Waals surface area contributed by atoms with Gasteiger partial charge in [-0.05, 0) is 38.4 Å². The van der Waals surface area contributed by atoms with Crippen LogP contribution in [0.4, 0.5) is 10.2 Å². The van der Waals surface area contributed by atoms with E-state index in [1.807, 2.05) is 0 Å². The number of allylic oxidation sites excluding steroid dienone is 1. The lowest BCUT2D eigenvalue weighted by Gasteiger charge is -2.31. The van der Waals surface area contributed by atoms with E-state index in [9.17, 15) is 9.18 Å². The quantitative estimate of drug-likeness (QED) is 0.455. The van der Waals surface area contributed by atoms with Crippen molar-refractivity contribution in [1.29, 1.82) is 0 Å². The molecule has 0 bridgehead atoms. The molecule has 2 aromatic rings. The van der Waals surface area contributed by atoms with Crippen LogP contribution in [-0.2, 0) is 9.53 Å². The van der Waals surface area contributed by atoms with E-state index in [0.29, 0.717) is 30.9 Å². The highest BCUT2D eigenvalue weighted by Gasteiger charge is 2.36. The topological polar surface area (TPSA) is 129 Å². The summed E-state index contributed by atoms with van der Waals surface area (Å²) >= 11 is 12.3. The highest BCUT2D eigenvalue weighted by atomic mass is 35.5. The normalized spacial score (nSPS) is 20.9. The zero-order valence-electron chi connectivity index (χ0n) is 20.4. The number of primary amides is 1. The maximum Gasteiger partial charge on any atom is 0.258 e. The van der Waals surface area contributed by atoms with Crippen LogP contribution in [0.2, 0.25) is 10.0 Å². The predicted molar refractivity (Wildman–Crippen MR) is 141 cm³/mol. The summed E-state index contributed by atoms with van der Waals surface area (Å²) < 4.78 is 25.3. The standard InChI is InChI=1S/C25H29Cl2FN6O3/c1-15(20-17(26)3-4-18(28)21(20)27)37-23-22(29)32-13-19(33-23)16-11-25(24(30)35,14-31-12-16)5-2-6-34-7-9-36-10-8-34/h3-4,11-13,15H,2,5-10,14H2,1H3,(H2,29,32)(H2,30,35). The van der Waals surface area contributed by atoms with Crippen molar-refractivity contribution in [3.8, 4) is 5.88 Å². The van der Waals surface area contributed by atoms with Crippen molar-refractivity contribution in [2.24, 2.45) is 16.1 Å². The van der Waals surface area contributed by atoms with Gasteiger partial charge in [0.25, 0.3) is 5.88 Å². The number of hydrogen-bond donors (Lipinski definition) is 2. The second kappa shape index (κ2) is 11.7. The molecule has 4 rings (SSSR count). The van der Waals surface area contributed by atoms with Gasteiger partial charge < -0.3 is 20.9 Å². The third-order valence-electron chi connectivity index (χ3n) is 6.56. The monoisotopic (exact) mass is 550 g/mol. The van der Waals surface area contributed by atoms with Gasteiger partial charge in [0.05, 0.1) is 42.1 Å². The summed E-state index contributed by atoms with van der Waals surface area (Å²) in [4.78, 5) is 28.0. The molecule has 2 aliphatic heterocycles. The van der Waals surface area contributed by atoms with Gasteiger partial charge in [0.2, 0.25) is 5.91 Å². The van der Waals surface area contributed by atoms with Crippen LogP contribution in [0.5, 0.6) is 5.88 Å². The number of amides is 1. The van der Waals surface area contributed by atoms with Crippen LogP contribution in [0.15, 0.2) is 29.4 Å². The van der Waals surface area contributed by atoms with Crippen LogP contribution in [0.3, 0.4) is 0 Å².